The first-order chi connectivity index (χ1) is 9.00. The quantitative estimate of drug-likeness (QED) is 0.750. The molecule has 0 spiro atoms. The third-order valence-corrected chi connectivity index (χ3v) is 5.53. The number of fused-ring (bicyclic) bond motifs is 4. The lowest BCUT2D eigenvalue weighted by atomic mass is 9.59. The molecule has 0 aliphatic heterocycles. The Morgan fingerprint density at radius 2 is 2.16 bits per heavy atom. The molecule has 2 aliphatic rings. The Morgan fingerprint density at radius 3 is 2.95 bits per heavy atom. The van der Waals surface area contributed by atoms with Crippen LogP contribution in [0.15, 0.2) is 18.2 Å². The van der Waals surface area contributed by atoms with Crippen LogP contribution in [-0.2, 0) is 11.8 Å². The molecule has 3 N–H and O–H groups in total. The third-order valence-electron chi connectivity index (χ3n) is 5.53. The van der Waals surface area contributed by atoms with Gasteiger partial charge in [0.2, 0.25) is 0 Å². The van der Waals surface area contributed by atoms with Crippen molar-refractivity contribution in [1.29, 1.82) is 0 Å². The molecule has 2 nitrogen and oxygen atoms in total. The average Bonchev–Trinajstić information content (AvgIpc) is 2.36. The van der Waals surface area contributed by atoms with Crippen molar-refractivity contribution in [2.45, 2.75) is 57.4 Å². The van der Waals surface area contributed by atoms with Crippen molar-refractivity contribution in [2.75, 3.05) is 0 Å². The van der Waals surface area contributed by atoms with Crippen molar-refractivity contribution in [2.24, 2.45) is 17.6 Å². The first-order valence-corrected chi connectivity index (χ1v) is 7.58. The van der Waals surface area contributed by atoms with Crippen molar-refractivity contribution in [1.82, 2.24) is 0 Å². The SMILES string of the molecule is C[C@@H]1CCC[C@]2(C)c3cc(O)ccc3C[C@H](C1)[C@@H]2N. The highest BCUT2D eigenvalue weighted by Gasteiger charge is 2.44. The molecular formula is C17H25NO. The molecule has 104 valence electrons. The number of phenolic OH excluding ortho intramolecular Hbond substituents is 1. The van der Waals surface area contributed by atoms with Crippen molar-refractivity contribution >= 4 is 0 Å². The molecule has 1 aromatic rings. The molecule has 3 rings (SSSR count). The van der Waals surface area contributed by atoms with Crippen LogP contribution in [0.3, 0.4) is 0 Å². The standard InChI is InChI=1S/C17H25NO/c1-11-4-3-7-17(2)15-10-14(19)6-5-12(15)9-13(8-11)16(17)18/h5-6,10-11,13,16,19H,3-4,7-9,18H2,1-2H3/t11-,13+,16+,17-/m1/s1. The van der Waals surface area contributed by atoms with E-state index in [2.05, 4.69) is 19.9 Å². The van der Waals surface area contributed by atoms with Crippen LogP contribution in [0.4, 0.5) is 0 Å². The Labute approximate surface area is 116 Å². The number of phenols is 1. The maximum atomic E-state index is 9.81. The van der Waals surface area contributed by atoms with Gasteiger partial charge in [0.05, 0.1) is 0 Å². The molecule has 0 amide bonds. The number of aromatic hydroxyl groups is 1. The van der Waals surface area contributed by atoms with Crippen LogP contribution in [0.1, 0.15) is 50.7 Å². The van der Waals surface area contributed by atoms with Crippen LogP contribution in [0.5, 0.6) is 5.75 Å². The monoisotopic (exact) mass is 259 g/mol. The average molecular weight is 259 g/mol. The molecule has 19 heavy (non-hydrogen) atoms. The minimum absolute atomic E-state index is 0.0388. The Hall–Kier alpha value is -1.02. The van der Waals surface area contributed by atoms with E-state index >= 15 is 0 Å². The molecule has 1 saturated carbocycles. The zero-order chi connectivity index (χ0) is 13.6. The fourth-order valence-corrected chi connectivity index (χ4v) is 4.37. The molecule has 0 heterocycles. The second-order valence-electron chi connectivity index (χ2n) is 6.98. The van der Waals surface area contributed by atoms with Crippen LogP contribution in [0, 0.1) is 11.8 Å². The van der Waals surface area contributed by atoms with Gasteiger partial charge < -0.3 is 10.8 Å². The van der Waals surface area contributed by atoms with Crippen LogP contribution in [-0.4, -0.2) is 11.1 Å². The minimum atomic E-state index is 0.0388. The summed E-state index contributed by atoms with van der Waals surface area (Å²) in [6.45, 7) is 4.67. The molecule has 0 radical (unpaired) electrons. The lowest BCUT2D eigenvalue weighted by Crippen LogP contribution is -2.53. The van der Waals surface area contributed by atoms with E-state index in [1.807, 2.05) is 12.1 Å². The summed E-state index contributed by atoms with van der Waals surface area (Å²) in [7, 11) is 0. The van der Waals surface area contributed by atoms with E-state index in [1.165, 1.54) is 30.4 Å². The lowest BCUT2D eigenvalue weighted by Gasteiger charge is -2.48. The Balaban J connectivity index is 2.09. The molecule has 0 aromatic heterocycles. The predicted octanol–water partition coefficient (Wildman–Crippen LogP) is 3.36. The lowest BCUT2D eigenvalue weighted by molar-refractivity contribution is 0.176. The fourth-order valence-electron chi connectivity index (χ4n) is 4.37. The molecule has 1 aromatic carbocycles. The largest absolute Gasteiger partial charge is 0.508 e. The van der Waals surface area contributed by atoms with E-state index in [9.17, 15) is 5.11 Å². The number of nitrogens with two attached hydrogens (primary N) is 1. The summed E-state index contributed by atoms with van der Waals surface area (Å²) >= 11 is 0. The smallest absolute Gasteiger partial charge is 0.115 e. The van der Waals surface area contributed by atoms with Gasteiger partial charge in [-0.1, -0.05) is 32.8 Å². The highest BCUT2D eigenvalue weighted by Crippen LogP contribution is 2.47. The van der Waals surface area contributed by atoms with Crippen LogP contribution in [0.2, 0.25) is 0 Å². The highest BCUT2D eigenvalue weighted by molar-refractivity contribution is 5.43. The van der Waals surface area contributed by atoms with Gasteiger partial charge in [0.25, 0.3) is 0 Å². The van der Waals surface area contributed by atoms with Gasteiger partial charge in [0.1, 0.15) is 5.75 Å². The maximum Gasteiger partial charge on any atom is 0.115 e. The summed E-state index contributed by atoms with van der Waals surface area (Å²) < 4.78 is 0. The zero-order valence-electron chi connectivity index (χ0n) is 12.0. The molecule has 2 heteroatoms. The minimum Gasteiger partial charge on any atom is -0.508 e. The summed E-state index contributed by atoms with van der Waals surface area (Å²) in [5, 5.41) is 9.81. The first-order valence-electron chi connectivity index (χ1n) is 7.58. The second-order valence-corrected chi connectivity index (χ2v) is 6.98. The van der Waals surface area contributed by atoms with Crippen molar-refractivity contribution in [3.05, 3.63) is 29.3 Å². The number of hydrogen-bond acceptors (Lipinski definition) is 2. The number of rotatable bonds is 0. The fraction of sp³-hybridized carbons (Fsp3) is 0.647. The van der Waals surface area contributed by atoms with Gasteiger partial charge in [-0.3, -0.25) is 0 Å². The van der Waals surface area contributed by atoms with Gasteiger partial charge in [0.15, 0.2) is 0 Å². The summed E-state index contributed by atoms with van der Waals surface area (Å²) in [6.07, 6.45) is 6.03. The van der Waals surface area contributed by atoms with Crippen molar-refractivity contribution in [3.8, 4) is 5.75 Å². The molecule has 4 atom stereocenters. The van der Waals surface area contributed by atoms with Gasteiger partial charge in [-0.15, -0.1) is 0 Å². The molecule has 1 fully saturated rings. The van der Waals surface area contributed by atoms with Gasteiger partial charge in [-0.05, 0) is 54.4 Å². The van der Waals surface area contributed by atoms with E-state index in [0.29, 0.717) is 11.7 Å². The number of hydrogen-bond donors (Lipinski definition) is 2. The van der Waals surface area contributed by atoms with Gasteiger partial charge >= 0.3 is 0 Å². The van der Waals surface area contributed by atoms with E-state index in [0.717, 1.165) is 18.8 Å². The maximum absolute atomic E-state index is 9.81. The van der Waals surface area contributed by atoms with Crippen LogP contribution in [0.25, 0.3) is 0 Å². The van der Waals surface area contributed by atoms with E-state index in [4.69, 9.17) is 5.73 Å². The van der Waals surface area contributed by atoms with Crippen molar-refractivity contribution in [3.63, 3.8) is 0 Å². The second kappa shape index (κ2) is 4.52. The topological polar surface area (TPSA) is 46.2 Å². The van der Waals surface area contributed by atoms with E-state index in [-0.39, 0.29) is 11.5 Å². The highest BCUT2D eigenvalue weighted by atomic mass is 16.3. The number of benzene rings is 1. The van der Waals surface area contributed by atoms with Crippen LogP contribution >= 0.6 is 0 Å². The first kappa shape index (κ1) is 13.0. The Bertz CT molecular complexity index is 484. The van der Waals surface area contributed by atoms with Crippen molar-refractivity contribution < 1.29 is 5.11 Å². The van der Waals surface area contributed by atoms with E-state index in [1.54, 1.807) is 0 Å². The van der Waals surface area contributed by atoms with Gasteiger partial charge in [0, 0.05) is 11.5 Å². The van der Waals surface area contributed by atoms with E-state index < -0.39 is 0 Å². The summed E-state index contributed by atoms with van der Waals surface area (Å²) in [4.78, 5) is 0. The predicted molar refractivity (Wildman–Crippen MR) is 78.3 cm³/mol. The Morgan fingerprint density at radius 1 is 1.37 bits per heavy atom. The Kier molecular flexibility index (Phi) is 3.09. The zero-order valence-corrected chi connectivity index (χ0v) is 12.0. The molecule has 2 bridgehead atoms. The summed E-state index contributed by atoms with van der Waals surface area (Å²) in [6, 6.07) is 6.11. The molecule has 0 unspecified atom stereocenters. The van der Waals surface area contributed by atoms with Crippen LogP contribution < -0.4 is 5.73 Å². The molecule has 0 saturated heterocycles. The summed E-state index contributed by atoms with van der Waals surface area (Å²) in [5.41, 5.74) is 9.37. The summed E-state index contributed by atoms with van der Waals surface area (Å²) in [5.74, 6) is 1.76. The van der Waals surface area contributed by atoms with Gasteiger partial charge in [-0.25, -0.2) is 0 Å². The molecule has 2 aliphatic carbocycles. The normalized spacial score (nSPS) is 38.2. The van der Waals surface area contributed by atoms with Gasteiger partial charge in [-0.2, -0.15) is 0 Å². The third kappa shape index (κ3) is 2.06. The molecular weight excluding hydrogens is 234 g/mol.